The molecule has 1 aromatic rings. The molecule has 0 radical (unpaired) electrons. The van der Waals surface area contributed by atoms with Crippen molar-refractivity contribution in [3.63, 3.8) is 0 Å². The first-order chi connectivity index (χ1) is 8.97. The van der Waals surface area contributed by atoms with Crippen LogP contribution in [0, 0.1) is 13.8 Å². The molecule has 3 nitrogen and oxygen atoms in total. The van der Waals surface area contributed by atoms with E-state index in [0.717, 1.165) is 18.6 Å². The zero-order valence-corrected chi connectivity index (χ0v) is 12.8. The minimum absolute atomic E-state index is 0.0612. The quantitative estimate of drug-likeness (QED) is 0.824. The van der Waals surface area contributed by atoms with Gasteiger partial charge in [-0.05, 0) is 50.3 Å². The molecule has 0 spiro atoms. The predicted octanol–water partition coefficient (Wildman–Crippen LogP) is 3.00. The zero-order chi connectivity index (χ0) is 14.4. The normalized spacial score (nSPS) is 14.2. The Morgan fingerprint density at radius 1 is 1.21 bits per heavy atom. The van der Waals surface area contributed by atoms with Gasteiger partial charge in [0.15, 0.2) is 0 Å². The summed E-state index contributed by atoms with van der Waals surface area (Å²) in [4.78, 5) is 0. The third kappa shape index (κ3) is 4.84. The molecule has 0 amide bonds. The van der Waals surface area contributed by atoms with Gasteiger partial charge in [0, 0.05) is 13.2 Å². The van der Waals surface area contributed by atoms with Gasteiger partial charge in [-0.15, -0.1) is 0 Å². The van der Waals surface area contributed by atoms with Gasteiger partial charge in [0.25, 0.3) is 0 Å². The fraction of sp³-hybridized carbons (Fsp3) is 0.625. The second-order valence-electron chi connectivity index (χ2n) is 5.32. The lowest BCUT2D eigenvalue weighted by atomic mass is 9.99. The molecule has 0 aromatic heterocycles. The molecule has 108 valence electrons. The highest BCUT2D eigenvalue weighted by Gasteiger charge is 2.11. The van der Waals surface area contributed by atoms with E-state index in [1.165, 1.54) is 16.7 Å². The van der Waals surface area contributed by atoms with E-state index in [9.17, 15) is 0 Å². The van der Waals surface area contributed by atoms with Gasteiger partial charge in [-0.25, -0.2) is 0 Å². The Bertz CT molecular complexity index is 381. The van der Waals surface area contributed by atoms with Gasteiger partial charge in [-0.1, -0.05) is 19.1 Å². The third-order valence-corrected chi connectivity index (χ3v) is 3.26. The summed E-state index contributed by atoms with van der Waals surface area (Å²) in [5.74, 6) is 0.971. The molecular formula is C16H27NO2. The highest BCUT2D eigenvalue weighted by Crippen LogP contribution is 2.26. The van der Waals surface area contributed by atoms with Crippen LogP contribution in [-0.2, 0) is 11.2 Å². The number of nitrogens with two attached hydrogens (primary N) is 1. The minimum Gasteiger partial charge on any atom is -0.488 e. The summed E-state index contributed by atoms with van der Waals surface area (Å²) in [6.45, 7) is 8.91. The molecule has 1 aromatic carbocycles. The number of methoxy groups -OCH3 is 1. The Hall–Kier alpha value is -1.06. The molecule has 0 aliphatic heterocycles. The van der Waals surface area contributed by atoms with E-state index in [1.807, 2.05) is 6.92 Å². The molecule has 0 saturated carbocycles. The van der Waals surface area contributed by atoms with Crippen molar-refractivity contribution >= 4 is 0 Å². The SMILES string of the molecule is CCC(N)Cc1cc(C)c(OC(C)COC)c(C)c1. The molecule has 0 aliphatic carbocycles. The van der Waals surface area contributed by atoms with Crippen LogP contribution in [0.5, 0.6) is 5.75 Å². The Labute approximate surface area is 117 Å². The van der Waals surface area contributed by atoms with Gasteiger partial charge >= 0.3 is 0 Å². The van der Waals surface area contributed by atoms with E-state index in [-0.39, 0.29) is 12.1 Å². The highest BCUT2D eigenvalue weighted by molar-refractivity contribution is 5.43. The van der Waals surface area contributed by atoms with Crippen molar-refractivity contribution < 1.29 is 9.47 Å². The molecule has 0 fully saturated rings. The van der Waals surface area contributed by atoms with Gasteiger partial charge in [-0.2, -0.15) is 0 Å². The molecule has 0 bridgehead atoms. The Balaban J connectivity index is 2.85. The predicted molar refractivity (Wildman–Crippen MR) is 79.9 cm³/mol. The van der Waals surface area contributed by atoms with Crippen LogP contribution in [0.1, 0.15) is 37.0 Å². The van der Waals surface area contributed by atoms with E-state index in [0.29, 0.717) is 6.61 Å². The Morgan fingerprint density at radius 3 is 2.26 bits per heavy atom. The van der Waals surface area contributed by atoms with Crippen LogP contribution in [0.4, 0.5) is 0 Å². The number of rotatable bonds is 7. The molecule has 2 atom stereocenters. The van der Waals surface area contributed by atoms with Crippen molar-refractivity contribution in [2.45, 2.75) is 52.7 Å². The molecule has 1 rings (SSSR count). The lowest BCUT2D eigenvalue weighted by molar-refractivity contribution is 0.0911. The van der Waals surface area contributed by atoms with Crippen molar-refractivity contribution in [2.24, 2.45) is 5.73 Å². The fourth-order valence-electron chi connectivity index (χ4n) is 2.26. The molecule has 3 heteroatoms. The van der Waals surface area contributed by atoms with Crippen LogP contribution in [0.2, 0.25) is 0 Å². The first-order valence-electron chi connectivity index (χ1n) is 6.99. The summed E-state index contributed by atoms with van der Waals surface area (Å²) in [6.07, 6.45) is 1.99. The van der Waals surface area contributed by atoms with Gasteiger partial charge in [0.1, 0.15) is 11.9 Å². The van der Waals surface area contributed by atoms with E-state index in [2.05, 4.69) is 32.9 Å². The summed E-state index contributed by atoms with van der Waals surface area (Å²) >= 11 is 0. The molecule has 0 aliphatic rings. The lowest BCUT2D eigenvalue weighted by Gasteiger charge is -2.19. The zero-order valence-electron chi connectivity index (χ0n) is 12.8. The van der Waals surface area contributed by atoms with Crippen LogP contribution in [0.3, 0.4) is 0 Å². The van der Waals surface area contributed by atoms with Crippen molar-refractivity contribution in [1.82, 2.24) is 0 Å². The second kappa shape index (κ2) is 7.51. The number of benzene rings is 1. The fourth-order valence-corrected chi connectivity index (χ4v) is 2.26. The smallest absolute Gasteiger partial charge is 0.125 e. The van der Waals surface area contributed by atoms with Gasteiger partial charge in [0.05, 0.1) is 6.61 Å². The second-order valence-corrected chi connectivity index (χ2v) is 5.32. The van der Waals surface area contributed by atoms with E-state index in [1.54, 1.807) is 7.11 Å². The maximum Gasteiger partial charge on any atom is 0.125 e. The standard InChI is InChI=1S/C16H27NO2/c1-6-15(17)9-14-7-11(2)16(12(3)8-14)19-13(4)10-18-5/h7-8,13,15H,6,9-10,17H2,1-5H3. The lowest BCUT2D eigenvalue weighted by Crippen LogP contribution is -2.22. The maximum atomic E-state index is 6.02. The highest BCUT2D eigenvalue weighted by atomic mass is 16.5. The number of aryl methyl sites for hydroxylation is 2. The summed E-state index contributed by atoms with van der Waals surface area (Å²) in [5.41, 5.74) is 9.64. The molecule has 2 N–H and O–H groups in total. The maximum absolute atomic E-state index is 6.02. The summed E-state index contributed by atoms with van der Waals surface area (Å²) < 4.78 is 11.1. The monoisotopic (exact) mass is 265 g/mol. The first-order valence-corrected chi connectivity index (χ1v) is 6.99. The summed E-state index contributed by atoms with van der Waals surface area (Å²) in [7, 11) is 1.69. The average molecular weight is 265 g/mol. The molecule has 19 heavy (non-hydrogen) atoms. The van der Waals surface area contributed by atoms with Crippen LogP contribution in [0.25, 0.3) is 0 Å². The van der Waals surface area contributed by atoms with Crippen molar-refractivity contribution in [3.05, 3.63) is 28.8 Å². The van der Waals surface area contributed by atoms with Crippen molar-refractivity contribution in [1.29, 1.82) is 0 Å². The van der Waals surface area contributed by atoms with Crippen LogP contribution < -0.4 is 10.5 Å². The van der Waals surface area contributed by atoms with Crippen LogP contribution >= 0.6 is 0 Å². The number of hydrogen-bond acceptors (Lipinski definition) is 3. The van der Waals surface area contributed by atoms with Crippen molar-refractivity contribution in [2.75, 3.05) is 13.7 Å². The molecule has 0 heterocycles. The summed E-state index contributed by atoms with van der Waals surface area (Å²) in [5, 5.41) is 0. The van der Waals surface area contributed by atoms with Crippen LogP contribution in [0.15, 0.2) is 12.1 Å². The molecule has 2 unspecified atom stereocenters. The Kier molecular flexibility index (Phi) is 6.32. The summed E-state index contributed by atoms with van der Waals surface area (Å²) in [6, 6.07) is 4.59. The van der Waals surface area contributed by atoms with Gasteiger partial charge in [-0.3, -0.25) is 0 Å². The molecule has 0 saturated heterocycles. The largest absolute Gasteiger partial charge is 0.488 e. The van der Waals surface area contributed by atoms with E-state index < -0.39 is 0 Å². The van der Waals surface area contributed by atoms with Crippen LogP contribution in [-0.4, -0.2) is 25.9 Å². The minimum atomic E-state index is 0.0612. The number of hydrogen-bond donors (Lipinski definition) is 1. The number of ether oxygens (including phenoxy) is 2. The Morgan fingerprint density at radius 2 is 1.79 bits per heavy atom. The van der Waals surface area contributed by atoms with E-state index in [4.69, 9.17) is 15.2 Å². The molecular weight excluding hydrogens is 238 g/mol. The third-order valence-electron chi connectivity index (χ3n) is 3.26. The topological polar surface area (TPSA) is 44.5 Å². The van der Waals surface area contributed by atoms with Crippen molar-refractivity contribution in [3.8, 4) is 5.75 Å². The first kappa shape index (κ1) is 16.0. The van der Waals surface area contributed by atoms with Gasteiger partial charge < -0.3 is 15.2 Å². The van der Waals surface area contributed by atoms with E-state index >= 15 is 0 Å². The average Bonchev–Trinajstić information content (AvgIpc) is 2.34. The van der Waals surface area contributed by atoms with Gasteiger partial charge in [0.2, 0.25) is 0 Å².